The topological polar surface area (TPSA) is 40.7 Å². The molecule has 0 saturated carbocycles. The van der Waals surface area contributed by atoms with Crippen molar-refractivity contribution in [3.8, 4) is 0 Å². The van der Waals surface area contributed by atoms with Crippen molar-refractivity contribution in [2.45, 2.75) is 13.1 Å². The molecule has 0 amide bonds. The lowest BCUT2D eigenvalue weighted by Crippen LogP contribution is -2.12. The maximum atomic E-state index is 4.24. The largest absolute Gasteiger partial charge is 0.361 e. The Morgan fingerprint density at radius 3 is 3.12 bits per heavy atom. The summed E-state index contributed by atoms with van der Waals surface area (Å²) in [6, 6.07) is 8.57. The summed E-state index contributed by atoms with van der Waals surface area (Å²) in [5.41, 5.74) is 5.46. The molecule has 3 rings (SSSR count). The van der Waals surface area contributed by atoms with E-state index in [-0.39, 0.29) is 0 Å². The SMILES string of the molecule is c1cc2cc(CNCc3cscn3)ccc2[nH]1. The van der Waals surface area contributed by atoms with Crippen LogP contribution in [0.3, 0.4) is 0 Å². The Morgan fingerprint density at radius 1 is 1.24 bits per heavy atom. The Bertz CT molecular complexity index is 598. The van der Waals surface area contributed by atoms with Crippen LogP contribution in [0.1, 0.15) is 11.3 Å². The maximum absolute atomic E-state index is 4.24. The number of thiazole rings is 1. The molecule has 0 spiro atoms. The van der Waals surface area contributed by atoms with Gasteiger partial charge in [0.2, 0.25) is 0 Å². The molecule has 1 aromatic carbocycles. The zero-order valence-electron chi connectivity index (χ0n) is 9.31. The Kier molecular flexibility index (Phi) is 2.90. The van der Waals surface area contributed by atoms with Gasteiger partial charge < -0.3 is 10.3 Å². The normalized spacial score (nSPS) is 11.1. The second kappa shape index (κ2) is 4.69. The van der Waals surface area contributed by atoms with Crippen molar-refractivity contribution in [2.24, 2.45) is 0 Å². The van der Waals surface area contributed by atoms with Gasteiger partial charge >= 0.3 is 0 Å². The average molecular weight is 243 g/mol. The number of nitrogens with zero attached hydrogens (tertiary/aromatic N) is 1. The first-order valence-corrected chi connectivity index (χ1v) is 6.50. The standard InChI is InChI=1S/C13H13N3S/c1-2-13-11(3-4-15-13)5-10(1)6-14-7-12-8-17-9-16-12/h1-5,8-9,14-15H,6-7H2. The van der Waals surface area contributed by atoms with Crippen LogP contribution in [0, 0.1) is 0 Å². The molecule has 2 aromatic heterocycles. The lowest BCUT2D eigenvalue weighted by atomic mass is 10.1. The predicted molar refractivity (Wildman–Crippen MR) is 71.0 cm³/mol. The highest BCUT2D eigenvalue weighted by Crippen LogP contribution is 2.14. The van der Waals surface area contributed by atoms with Gasteiger partial charge in [-0.3, -0.25) is 0 Å². The number of benzene rings is 1. The molecule has 0 aliphatic heterocycles. The van der Waals surface area contributed by atoms with Crippen LogP contribution in [0.4, 0.5) is 0 Å². The molecule has 0 bridgehead atoms. The Morgan fingerprint density at radius 2 is 2.24 bits per heavy atom. The Balaban J connectivity index is 1.64. The molecule has 0 atom stereocenters. The highest BCUT2D eigenvalue weighted by atomic mass is 32.1. The van der Waals surface area contributed by atoms with Gasteiger partial charge in [-0.15, -0.1) is 11.3 Å². The van der Waals surface area contributed by atoms with E-state index in [2.05, 4.69) is 44.9 Å². The van der Waals surface area contributed by atoms with Gasteiger partial charge in [-0.25, -0.2) is 4.98 Å². The van der Waals surface area contributed by atoms with E-state index in [1.807, 2.05) is 11.7 Å². The summed E-state index contributed by atoms with van der Waals surface area (Å²) in [6.07, 6.45) is 1.97. The van der Waals surface area contributed by atoms with Crippen molar-refractivity contribution in [3.05, 3.63) is 52.6 Å². The predicted octanol–water partition coefficient (Wildman–Crippen LogP) is 2.91. The summed E-state index contributed by atoms with van der Waals surface area (Å²) in [6.45, 7) is 1.70. The van der Waals surface area contributed by atoms with Crippen LogP contribution in [0.25, 0.3) is 10.9 Å². The molecule has 0 radical (unpaired) electrons. The molecule has 2 N–H and O–H groups in total. The van der Waals surface area contributed by atoms with Gasteiger partial charge in [-0.2, -0.15) is 0 Å². The van der Waals surface area contributed by atoms with E-state index in [1.54, 1.807) is 11.3 Å². The van der Waals surface area contributed by atoms with Crippen molar-refractivity contribution in [3.63, 3.8) is 0 Å². The van der Waals surface area contributed by atoms with Gasteiger partial charge in [0, 0.05) is 30.2 Å². The number of nitrogens with one attached hydrogen (secondary N) is 2. The van der Waals surface area contributed by atoms with Gasteiger partial charge in [0.25, 0.3) is 0 Å². The molecule has 0 unspecified atom stereocenters. The minimum Gasteiger partial charge on any atom is -0.361 e. The summed E-state index contributed by atoms with van der Waals surface area (Å²) >= 11 is 1.63. The fraction of sp³-hybridized carbons (Fsp3) is 0.154. The van der Waals surface area contributed by atoms with E-state index >= 15 is 0 Å². The zero-order chi connectivity index (χ0) is 11.5. The van der Waals surface area contributed by atoms with Crippen molar-refractivity contribution in [1.29, 1.82) is 0 Å². The number of hydrogen-bond acceptors (Lipinski definition) is 3. The molecule has 4 heteroatoms. The van der Waals surface area contributed by atoms with Crippen LogP contribution in [0.2, 0.25) is 0 Å². The second-order valence-corrected chi connectivity index (χ2v) is 4.70. The molecular formula is C13H13N3S. The second-order valence-electron chi connectivity index (χ2n) is 3.98. The summed E-state index contributed by atoms with van der Waals surface area (Å²) in [5.74, 6) is 0. The van der Waals surface area contributed by atoms with Crippen molar-refractivity contribution < 1.29 is 0 Å². The van der Waals surface area contributed by atoms with Gasteiger partial charge in [-0.05, 0) is 29.1 Å². The molecule has 3 aromatic rings. The van der Waals surface area contributed by atoms with E-state index < -0.39 is 0 Å². The van der Waals surface area contributed by atoms with E-state index in [0.717, 1.165) is 18.8 Å². The molecule has 0 aliphatic rings. The summed E-state index contributed by atoms with van der Waals surface area (Å²) < 4.78 is 0. The smallest absolute Gasteiger partial charge is 0.0795 e. The van der Waals surface area contributed by atoms with E-state index in [0.29, 0.717) is 0 Å². The van der Waals surface area contributed by atoms with Crippen LogP contribution in [-0.2, 0) is 13.1 Å². The van der Waals surface area contributed by atoms with E-state index in [9.17, 15) is 0 Å². The van der Waals surface area contributed by atoms with Crippen molar-refractivity contribution in [2.75, 3.05) is 0 Å². The summed E-state index contributed by atoms with van der Waals surface area (Å²) in [7, 11) is 0. The highest BCUT2D eigenvalue weighted by molar-refractivity contribution is 7.07. The summed E-state index contributed by atoms with van der Waals surface area (Å²) in [4.78, 5) is 7.44. The first-order chi connectivity index (χ1) is 8.42. The Hall–Kier alpha value is -1.65. The first kappa shape index (κ1) is 10.5. The molecular weight excluding hydrogens is 230 g/mol. The minimum absolute atomic E-state index is 0.828. The fourth-order valence-corrected chi connectivity index (χ4v) is 2.43. The third-order valence-electron chi connectivity index (χ3n) is 2.74. The molecule has 3 nitrogen and oxygen atoms in total. The van der Waals surface area contributed by atoms with Crippen LogP contribution >= 0.6 is 11.3 Å². The molecule has 2 heterocycles. The zero-order valence-corrected chi connectivity index (χ0v) is 10.1. The lowest BCUT2D eigenvalue weighted by molar-refractivity contribution is 0.683. The third-order valence-corrected chi connectivity index (χ3v) is 3.37. The van der Waals surface area contributed by atoms with Gasteiger partial charge in [0.05, 0.1) is 11.2 Å². The number of hydrogen-bond donors (Lipinski definition) is 2. The van der Waals surface area contributed by atoms with Crippen LogP contribution < -0.4 is 5.32 Å². The number of fused-ring (bicyclic) bond motifs is 1. The van der Waals surface area contributed by atoms with Gasteiger partial charge in [0.15, 0.2) is 0 Å². The molecule has 0 fully saturated rings. The average Bonchev–Trinajstić information content (AvgIpc) is 2.98. The monoisotopic (exact) mass is 243 g/mol. The van der Waals surface area contributed by atoms with Gasteiger partial charge in [-0.1, -0.05) is 6.07 Å². The van der Waals surface area contributed by atoms with Crippen LogP contribution in [0.5, 0.6) is 0 Å². The third kappa shape index (κ3) is 2.38. The van der Waals surface area contributed by atoms with Crippen LogP contribution in [-0.4, -0.2) is 9.97 Å². The number of aromatic amines is 1. The quantitative estimate of drug-likeness (QED) is 0.739. The minimum atomic E-state index is 0.828. The molecule has 0 aliphatic carbocycles. The van der Waals surface area contributed by atoms with Crippen molar-refractivity contribution in [1.82, 2.24) is 15.3 Å². The molecule has 86 valence electrons. The maximum Gasteiger partial charge on any atom is 0.0795 e. The van der Waals surface area contributed by atoms with E-state index in [4.69, 9.17) is 0 Å². The number of rotatable bonds is 4. The molecule has 17 heavy (non-hydrogen) atoms. The van der Waals surface area contributed by atoms with Gasteiger partial charge in [0.1, 0.15) is 0 Å². The number of aromatic nitrogens is 2. The Labute approximate surface area is 104 Å². The van der Waals surface area contributed by atoms with E-state index in [1.165, 1.54) is 16.5 Å². The summed E-state index contributed by atoms with van der Waals surface area (Å²) in [5, 5.41) is 6.73. The van der Waals surface area contributed by atoms with Crippen molar-refractivity contribution >= 4 is 22.2 Å². The number of H-pyrrole nitrogens is 1. The first-order valence-electron chi connectivity index (χ1n) is 5.55. The lowest BCUT2D eigenvalue weighted by Gasteiger charge is -2.03. The highest BCUT2D eigenvalue weighted by Gasteiger charge is 1.98. The van der Waals surface area contributed by atoms with Crippen LogP contribution in [0.15, 0.2) is 41.4 Å². The molecule has 0 saturated heterocycles. The fourth-order valence-electron chi connectivity index (χ4n) is 1.87.